The molecule has 0 fully saturated rings. The fraction of sp³-hybridized carbons (Fsp3) is 0.261. The van der Waals surface area contributed by atoms with Crippen molar-refractivity contribution in [1.82, 2.24) is 9.97 Å². The van der Waals surface area contributed by atoms with Gasteiger partial charge in [-0.15, -0.1) is 0 Å². The van der Waals surface area contributed by atoms with E-state index in [4.69, 9.17) is 20.6 Å². The highest BCUT2D eigenvalue weighted by Crippen LogP contribution is 2.50. The lowest BCUT2D eigenvalue weighted by Gasteiger charge is -2.23. The van der Waals surface area contributed by atoms with Gasteiger partial charge in [0, 0.05) is 16.9 Å². The first-order valence-corrected chi connectivity index (χ1v) is 12.3. The fourth-order valence-electron chi connectivity index (χ4n) is 3.07. The fourth-order valence-corrected chi connectivity index (χ4v) is 4.80. The van der Waals surface area contributed by atoms with Crippen molar-refractivity contribution in [3.63, 3.8) is 0 Å². The second-order valence-corrected chi connectivity index (χ2v) is 9.34. The molecule has 0 saturated heterocycles. The maximum atomic E-state index is 13.3. The van der Waals surface area contributed by atoms with Gasteiger partial charge in [0.2, 0.25) is 0 Å². The molecule has 1 heterocycles. The molecule has 1 aromatic heterocycles. The molecular formula is C23H25ClN3O4P. The van der Waals surface area contributed by atoms with Crippen molar-refractivity contribution in [3.8, 4) is 0 Å². The van der Waals surface area contributed by atoms with Gasteiger partial charge >= 0.3 is 7.60 Å². The first kappa shape index (κ1) is 24.1. The zero-order valence-electron chi connectivity index (χ0n) is 18.0. The number of nitrogens with zero attached hydrogens (tertiary/aromatic N) is 3. The van der Waals surface area contributed by atoms with Crippen molar-refractivity contribution in [2.24, 2.45) is 0 Å². The maximum Gasteiger partial charge on any atom is 0.336 e. The molecule has 0 saturated carbocycles. The Bertz CT molecular complexity index is 1050. The van der Waals surface area contributed by atoms with Crippen molar-refractivity contribution in [2.75, 3.05) is 18.1 Å². The minimum atomic E-state index is -3.31. The SMILES string of the molecule is CCOP(=O)(Cc1cnc(C(=O)N(Cc2ccccc2)c2ccc(Cl)cc2)cn1)OCC. The molecule has 1 amide bonds. The van der Waals surface area contributed by atoms with E-state index in [-0.39, 0.29) is 31.0 Å². The first-order valence-electron chi connectivity index (χ1n) is 10.2. The van der Waals surface area contributed by atoms with Crippen LogP contribution in [-0.2, 0) is 26.3 Å². The highest BCUT2D eigenvalue weighted by molar-refractivity contribution is 7.53. The molecule has 0 spiro atoms. The first-order chi connectivity index (χ1) is 15.4. The number of hydrogen-bond donors (Lipinski definition) is 0. The van der Waals surface area contributed by atoms with Gasteiger partial charge in [-0.2, -0.15) is 0 Å². The molecule has 2 aromatic carbocycles. The van der Waals surface area contributed by atoms with Gasteiger partial charge in [0.1, 0.15) is 5.69 Å². The molecule has 0 bridgehead atoms. The van der Waals surface area contributed by atoms with Gasteiger partial charge in [-0.05, 0) is 43.7 Å². The molecule has 0 aliphatic heterocycles. The zero-order valence-corrected chi connectivity index (χ0v) is 19.6. The Hall–Kier alpha value is -2.57. The minimum absolute atomic E-state index is 0.0128. The van der Waals surface area contributed by atoms with Crippen LogP contribution in [0.25, 0.3) is 0 Å². The molecule has 0 radical (unpaired) electrons. The summed E-state index contributed by atoms with van der Waals surface area (Å²) >= 11 is 6.02. The van der Waals surface area contributed by atoms with Crippen LogP contribution in [0.5, 0.6) is 0 Å². The summed E-state index contributed by atoms with van der Waals surface area (Å²) in [6.45, 7) is 4.37. The molecule has 9 heteroatoms. The number of hydrogen-bond acceptors (Lipinski definition) is 6. The molecule has 0 atom stereocenters. The Labute approximate surface area is 192 Å². The zero-order chi connectivity index (χ0) is 23.0. The lowest BCUT2D eigenvalue weighted by molar-refractivity contribution is 0.0980. The van der Waals surface area contributed by atoms with E-state index in [1.165, 1.54) is 12.4 Å². The number of carbonyl (C=O) groups excluding carboxylic acids is 1. The maximum absolute atomic E-state index is 13.3. The lowest BCUT2D eigenvalue weighted by atomic mass is 10.2. The Balaban J connectivity index is 1.84. The summed E-state index contributed by atoms with van der Waals surface area (Å²) in [4.78, 5) is 23.5. The summed E-state index contributed by atoms with van der Waals surface area (Å²) < 4.78 is 23.3. The predicted molar refractivity (Wildman–Crippen MR) is 125 cm³/mol. The van der Waals surface area contributed by atoms with Gasteiger partial charge in [0.05, 0.1) is 37.8 Å². The third-order valence-corrected chi connectivity index (χ3v) is 6.77. The number of anilines is 1. The van der Waals surface area contributed by atoms with Crippen molar-refractivity contribution in [2.45, 2.75) is 26.6 Å². The molecule has 0 aliphatic carbocycles. The summed E-state index contributed by atoms with van der Waals surface area (Å²) in [5.74, 6) is -0.312. The lowest BCUT2D eigenvalue weighted by Crippen LogP contribution is -2.31. The van der Waals surface area contributed by atoms with Crippen LogP contribution in [0.3, 0.4) is 0 Å². The summed E-state index contributed by atoms with van der Waals surface area (Å²) in [5, 5.41) is 0.582. The Morgan fingerprint density at radius 3 is 2.19 bits per heavy atom. The van der Waals surface area contributed by atoms with Crippen molar-refractivity contribution < 1.29 is 18.4 Å². The number of amides is 1. The topological polar surface area (TPSA) is 81.6 Å². The van der Waals surface area contributed by atoms with E-state index >= 15 is 0 Å². The molecule has 168 valence electrons. The van der Waals surface area contributed by atoms with Crippen LogP contribution in [0.1, 0.15) is 35.6 Å². The van der Waals surface area contributed by atoms with Crippen molar-refractivity contribution >= 4 is 30.8 Å². The van der Waals surface area contributed by atoms with E-state index in [0.717, 1.165) is 5.56 Å². The largest absolute Gasteiger partial charge is 0.336 e. The Morgan fingerprint density at radius 2 is 1.62 bits per heavy atom. The van der Waals surface area contributed by atoms with Crippen LogP contribution >= 0.6 is 19.2 Å². The Kier molecular flexibility index (Phi) is 8.53. The molecule has 0 N–H and O–H groups in total. The second-order valence-electron chi connectivity index (χ2n) is 6.85. The average Bonchev–Trinajstić information content (AvgIpc) is 2.79. The van der Waals surface area contributed by atoms with Crippen LogP contribution < -0.4 is 4.90 Å². The highest BCUT2D eigenvalue weighted by atomic mass is 35.5. The van der Waals surface area contributed by atoms with Gasteiger partial charge in [0.15, 0.2) is 0 Å². The second kappa shape index (κ2) is 11.3. The van der Waals surface area contributed by atoms with E-state index in [1.807, 2.05) is 30.3 Å². The predicted octanol–water partition coefficient (Wildman–Crippen LogP) is 5.74. The summed E-state index contributed by atoms with van der Waals surface area (Å²) in [6.07, 6.45) is 2.80. The minimum Gasteiger partial charge on any atom is -0.309 e. The smallest absolute Gasteiger partial charge is 0.309 e. The molecular weight excluding hydrogens is 449 g/mol. The molecule has 3 rings (SSSR count). The van der Waals surface area contributed by atoms with Gasteiger partial charge < -0.3 is 13.9 Å². The standard InChI is InChI=1S/C23H25ClN3O4P/c1-3-30-32(29,31-4-2)17-20-14-26-22(15-25-20)23(28)27(16-18-8-6-5-7-9-18)21-12-10-19(24)11-13-21/h5-15H,3-4,16-17H2,1-2H3. The van der Waals surface area contributed by atoms with Crippen LogP contribution in [0.4, 0.5) is 5.69 Å². The Morgan fingerprint density at radius 1 is 0.969 bits per heavy atom. The van der Waals surface area contributed by atoms with Crippen LogP contribution in [0, 0.1) is 0 Å². The van der Waals surface area contributed by atoms with E-state index in [2.05, 4.69) is 9.97 Å². The summed E-state index contributed by atoms with van der Waals surface area (Å²) in [6, 6.07) is 16.7. The summed E-state index contributed by atoms with van der Waals surface area (Å²) in [7, 11) is -3.31. The van der Waals surface area contributed by atoms with E-state index < -0.39 is 7.60 Å². The number of halogens is 1. The highest BCUT2D eigenvalue weighted by Gasteiger charge is 2.26. The number of benzene rings is 2. The van der Waals surface area contributed by atoms with Crippen LogP contribution in [0.15, 0.2) is 67.0 Å². The van der Waals surface area contributed by atoms with Crippen LogP contribution in [0.2, 0.25) is 5.02 Å². The summed E-state index contributed by atoms with van der Waals surface area (Å²) in [5.41, 5.74) is 2.25. The van der Waals surface area contributed by atoms with Crippen molar-refractivity contribution in [1.29, 1.82) is 0 Å². The molecule has 0 aliphatic rings. The van der Waals surface area contributed by atoms with Gasteiger partial charge in [-0.3, -0.25) is 14.3 Å². The number of aromatic nitrogens is 2. The third-order valence-electron chi connectivity index (χ3n) is 4.50. The average molecular weight is 474 g/mol. The number of rotatable bonds is 10. The normalized spacial score (nSPS) is 11.3. The molecule has 0 unspecified atom stereocenters. The van der Waals surface area contributed by atoms with E-state index in [0.29, 0.717) is 22.9 Å². The van der Waals surface area contributed by atoms with E-state index in [9.17, 15) is 9.36 Å². The van der Waals surface area contributed by atoms with Gasteiger partial charge in [-0.25, -0.2) is 4.98 Å². The third kappa shape index (κ3) is 6.47. The molecule has 32 heavy (non-hydrogen) atoms. The number of carbonyl (C=O) groups is 1. The van der Waals surface area contributed by atoms with Gasteiger partial charge in [0.25, 0.3) is 5.91 Å². The quantitative estimate of drug-likeness (QED) is 0.349. The van der Waals surface area contributed by atoms with Gasteiger partial charge in [-0.1, -0.05) is 41.9 Å². The van der Waals surface area contributed by atoms with Crippen LogP contribution in [-0.4, -0.2) is 29.1 Å². The monoisotopic (exact) mass is 473 g/mol. The van der Waals surface area contributed by atoms with E-state index in [1.54, 1.807) is 43.0 Å². The van der Waals surface area contributed by atoms with Crippen molar-refractivity contribution in [3.05, 3.63) is 89.0 Å². The molecule has 3 aromatic rings. The molecule has 7 nitrogen and oxygen atoms in total.